The second-order valence-corrected chi connectivity index (χ2v) is 10.7. The molecule has 2 amide bonds. The van der Waals surface area contributed by atoms with E-state index in [1.807, 2.05) is 29.2 Å². The molecule has 4 bridgehead atoms. The summed E-state index contributed by atoms with van der Waals surface area (Å²) in [5.74, 6) is 0.105. The van der Waals surface area contributed by atoms with Gasteiger partial charge in [-0.3, -0.25) is 19.5 Å². The Morgan fingerprint density at radius 1 is 1.05 bits per heavy atom. The zero-order valence-corrected chi connectivity index (χ0v) is 22.2. The third-order valence-electron chi connectivity index (χ3n) is 7.97. The van der Waals surface area contributed by atoms with Crippen LogP contribution in [0.25, 0.3) is 11.1 Å². The molecular weight excluding hydrogens is 512 g/mol. The van der Waals surface area contributed by atoms with Crippen molar-refractivity contribution in [2.75, 3.05) is 19.7 Å². The lowest BCUT2D eigenvalue weighted by Gasteiger charge is -2.34. The van der Waals surface area contributed by atoms with Crippen molar-refractivity contribution in [2.45, 2.75) is 62.6 Å². The Labute approximate surface area is 232 Å². The molecule has 11 nitrogen and oxygen atoms in total. The topological polar surface area (TPSA) is 142 Å². The molecule has 40 heavy (non-hydrogen) atoms. The third kappa shape index (κ3) is 5.86. The highest BCUT2D eigenvalue weighted by Crippen LogP contribution is 2.30. The number of nitrogens with one attached hydrogen (secondary N) is 3. The minimum absolute atomic E-state index is 0.119. The number of rotatable bonds is 3. The Bertz CT molecular complexity index is 1320. The fourth-order valence-corrected chi connectivity index (χ4v) is 5.83. The number of hydrogen-bond donors (Lipinski definition) is 4. The molecule has 5 heterocycles. The van der Waals surface area contributed by atoms with Crippen LogP contribution in [-0.2, 0) is 16.1 Å². The number of carbonyl (C=O) groups excluding carboxylic acids is 2. The monoisotopic (exact) mass is 546 g/mol. The summed E-state index contributed by atoms with van der Waals surface area (Å²) >= 11 is 0. The molecule has 6 rings (SSSR count). The molecule has 11 heteroatoms. The Balaban J connectivity index is 1.29. The molecule has 2 fully saturated rings. The number of amides is 2. The lowest BCUT2D eigenvalue weighted by molar-refractivity contribution is -0.133. The molecule has 1 aromatic carbocycles. The molecule has 5 atom stereocenters. The van der Waals surface area contributed by atoms with E-state index in [2.05, 4.69) is 25.6 Å². The van der Waals surface area contributed by atoms with Crippen molar-refractivity contribution in [1.82, 2.24) is 30.5 Å². The summed E-state index contributed by atoms with van der Waals surface area (Å²) in [4.78, 5) is 40.3. The van der Waals surface area contributed by atoms with Crippen molar-refractivity contribution < 1.29 is 24.2 Å². The number of benzene rings is 1. The molecule has 3 aromatic rings. The van der Waals surface area contributed by atoms with Crippen LogP contribution in [0.1, 0.15) is 41.7 Å². The smallest absolute Gasteiger partial charge is 0.255 e. The quantitative estimate of drug-likeness (QED) is 0.389. The number of imidazole rings is 1. The fraction of sp³-hybridized carbons (Fsp3) is 0.448. The standard InChI is InChI=1S/C29H34N6O5/c36-25-4-2-22-7-10-39-26-11-19(18-5-8-30-9-6-18)1-3-23(26)28(37)34-20-12-24(29(38)32-14-27(25)40-22)35(15-20)16-21-13-31-17-33-21/h1,3,5-6,8-9,11,13,17,20,22,24-25,27,36H,2,4,7,10,12,14-16H2,(H,31,33)(H,32,38)(H,34,37)/t20-,22-,24-,25-,27+/m0/s1. The molecule has 2 saturated heterocycles. The van der Waals surface area contributed by atoms with Crippen LogP contribution in [0.3, 0.4) is 0 Å². The largest absolute Gasteiger partial charge is 0.493 e. The Hall–Kier alpha value is -3.80. The Kier molecular flexibility index (Phi) is 7.76. The molecule has 0 saturated carbocycles. The summed E-state index contributed by atoms with van der Waals surface area (Å²) in [6, 6.07) is 8.70. The van der Waals surface area contributed by atoms with Crippen LogP contribution in [0.5, 0.6) is 5.75 Å². The molecule has 3 aliphatic heterocycles. The van der Waals surface area contributed by atoms with Crippen LogP contribution in [0.15, 0.2) is 55.2 Å². The molecule has 4 N–H and O–H groups in total. The number of H-pyrrole nitrogens is 1. The van der Waals surface area contributed by atoms with Gasteiger partial charge in [-0.1, -0.05) is 6.07 Å². The summed E-state index contributed by atoms with van der Waals surface area (Å²) in [7, 11) is 0. The normalized spacial score (nSPS) is 27.8. The number of fused-ring (bicyclic) bond motifs is 5. The minimum Gasteiger partial charge on any atom is -0.493 e. The summed E-state index contributed by atoms with van der Waals surface area (Å²) in [6.45, 7) is 1.56. The van der Waals surface area contributed by atoms with Gasteiger partial charge in [0.25, 0.3) is 5.91 Å². The van der Waals surface area contributed by atoms with Gasteiger partial charge in [0.2, 0.25) is 5.91 Å². The van der Waals surface area contributed by atoms with E-state index in [4.69, 9.17) is 9.47 Å². The SMILES string of the molecule is O=C1N[C@H]2C[C@@H](C(=O)NC[C@H]3O[C@H](CCOc4cc(-c5ccncc5)ccc41)CC[C@@H]3O)N(Cc1cnc[nH]1)C2. The van der Waals surface area contributed by atoms with Gasteiger partial charge >= 0.3 is 0 Å². The van der Waals surface area contributed by atoms with Crippen molar-refractivity contribution in [2.24, 2.45) is 0 Å². The van der Waals surface area contributed by atoms with E-state index in [0.717, 1.165) is 16.8 Å². The predicted molar refractivity (Wildman–Crippen MR) is 145 cm³/mol. The number of likely N-dealkylation sites (tertiary alicyclic amines) is 1. The first-order valence-corrected chi connectivity index (χ1v) is 13.8. The molecule has 0 radical (unpaired) electrons. The van der Waals surface area contributed by atoms with Gasteiger partial charge in [-0.05, 0) is 54.7 Å². The van der Waals surface area contributed by atoms with E-state index < -0.39 is 18.2 Å². The van der Waals surface area contributed by atoms with Gasteiger partial charge in [-0.15, -0.1) is 0 Å². The second-order valence-electron chi connectivity index (χ2n) is 10.7. The maximum absolute atomic E-state index is 13.6. The zero-order chi connectivity index (χ0) is 27.5. The maximum atomic E-state index is 13.6. The lowest BCUT2D eigenvalue weighted by atomic mass is 9.99. The highest BCUT2D eigenvalue weighted by atomic mass is 16.5. The molecule has 2 aromatic heterocycles. The van der Waals surface area contributed by atoms with Crippen molar-refractivity contribution in [3.8, 4) is 16.9 Å². The first-order chi connectivity index (χ1) is 19.5. The van der Waals surface area contributed by atoms with Crippen LogP contribution in [-0.4, -0.2) is 86.9 Å². The van der Waals surface area contributed by atoms with E-state index in [-0.39, 0.29) is 30.5 Å². The fourth-order valence-electron chi connectivity index (χ4n) is 5.83. The molecule has 210 valence electrons. The molecule has 0 unspecified atom stereocenters. The van der Waals surface area contributed by atoms with E-state index in [9.17, 15) is 14.7 Å². The van der Waals surface area contributed by atoms with E-state index in [0.29, 0.717) is 56.7 Å². The van der Waals surface area contributed by atoms with Gasteiger partial charge < -0.3 is 30.2 Å². The van der Waals surface area contributed by atoms with E-state index >= 15 is 0 Å². The number of carbonyl (C=O) groups is 2. The summed E-state index contributed by atoms with van der Waals surface area (Å²) in [5.41, 5.74) is 3.21. The maximum Gasteiger partial charge on any atom is 0.255 e. The van der Waals surface area contributed by atoms with Crippen LogP contribution in [0, 0.1) is 0 Å². The van der Waals surface area contributed by atoms with Crippen molar-refractivity contribution in [1.29, 1.82) is 0 Å². The number of pyridine rings is 1. The lowest BCUT2D eigenvalue weighted by Crippen LogP contribution is -2.50. The van der Waals surface area contributed by atoms with Gasteiger partial charge in [-0.25, -0.2) is 4.98 Å². The molecule has 0 aliphatic carbocycles. The summed E-state index contributed by atoms with van der Waals surface area (Å²) in [6.07, 6.45) is 7.89. The molecule has 3 aliphatic rings. The van der Waals surface area contributed by atoms with Crippen molar-refractivity contribution >= 4 is 11.8 Å². The highest BCUT2D eigenvalue weighted by molar-refractivity contribution is 5.98. The van der Waals surface area contributed by atoms with Gasteiger partial charge in [0, 0.05) is 56.4 Å². The average molecular weight is 547 g/mol. The van der Waals surface area contributed by atoms with Crippen LogP contribution >= 0.6 is 0 Å². The van der Waals surface area contributed by atoms with Crippen molar-refractivity contribution in [3.05, 3.63) is 66.5 Å². The number of aliphatic hydroxyl groups excluding tert-OH is 1. The van der Waals surface area contributed by atoms with Gasteiger partial charge in [-0.2, -0.15) is 0 Å². The Morgan fingerprint density at radius 2 is 1.93 bits per heavy atom. The first kappa shape index (κ1) is 26.4. The number of aromatic nitrogens is 3. The summed E-state index contributed by atoms with van der Waals surface area (Å²) in [5, 5.41) is 16.7. The summed E-state index contributed by atoms with van der Waals surface area (Å²) < 4.78 is 12.4. The zero-order valence-electron chi connectivity index (χ0n) is 22.2. The molecule has 0 spiro atoms. The van der Waals surface area contributed by atoms with Crippen LogP contribution in [0.2, 0.25) is 0 Å². The highest BCUT2D eigenvalue weighted by Gasteiger charge is 2.39. The van der Waals surface area contributed by atoms with Crippen LogP contribution in [0.4, 0.5) is 0 Å². The van der Waals surface area contributed by atoms with Crippen molar-refractivity contribution in [3.63, 3.8) is 0 Å². The first-order valence-electron chi connectivity index (χ1n) is 13.8. The van der Waals surface area contributed by atoms with Gasteiger partial charge in [0.05, 0.1) is 36.7 Å². The van der Waals surface area contributed by atoms with Gasteiger partial charge in [0.1, 0.15) is 11.9 Å². The number of nitrogens with zero attached hydrogens (tertiary/aromatic N) is 3. The number of aromatic amines is 1. The molecular formula is C29H34N6O5. The number of ether oxygens (including phenoxy) is 2. The third-order valence-corrected chi connectivity index (χ3v) is 7.97. The number of aliphatic hydroxyl groups is 1. The average Bonchev–Trinajstić information content (AvgIpc) is 3.63. The number of hydrogen-bond acceptors (Lipinski definition) is 8. The second kappa shape index (κ2) is 11.7. The minimum atomic E-state index is -0.642. The predicted octanol–water partition coefficient (Wildman–Crippen LogP) is 1.65. The van der Waals surface area contributed by atoms with E-state index in [1.54, 1.807) is 31.0 Å². The van der Waals surface area contributed by atoms with E-state index in [1.165, 1.54) is 0 Å². The van der Waals surface area contributed by atoms with Crippen LogP contribution < -0.4 is 15.4 Å². The van der Waals surface area contributed by atoms with Gasteiger partial charge in [0.15, 0.2) is 0 Å². The Morgan fingerprint density at radius 3 is 2.75 bits per heavy atom.